The Kier molecular flexibility index (Phi) is 11.8. The molecule has 8 heteroatoms. The van der Waals surface area contributed by atoms with Crippen LogP contribution in [0.4, 0.5) is 4.79 Å². The van der Waals surface area contributed by atoms with Crippen LogP contribution in [0.15, 0.2) is 18.2 Å². The van der Waals surface area contributed by atoms with Crippen molar-refractivity contribution < 1.29 is 19.1 Å². The van der Waals surface area contributed by atoms with Crippen molar-refractivity contribution >= 4 is 30.5 Å². The Hall–Kier alpha value is -2.22. The summed E-state index contributed by atoms with van der Waals surface area (Å²) < 4.78 is 5.38. The molecule has 1 aromatic carbocycles. The van der Waals surface area contributed by atoms with Gasteiger partial charge in [-0.15, -0.1) is 0 Å². The van der Waals surface area contributed by atoms with Crippen molar-refractivity contribution in [3.8, 4) is 0 Å². The van der Waals surface area contributed by atoms with E-state index in [-0.39, 0.29) is 23.6 Å². The number of benzene rings is 1. The molecule has 1 rings (SSSR count). The minimum Gasteiger partial charge on any atom is -0.444 e. The van der Waals surface area contributed by atoms with Crippen LogP contribution in [0.3, 0.4) is 0 Å². The fourth-order valence-electron chi connectivity index (χ4n) is 4.03. The average Bonchev–Trinajstić information content (AvgIpc) is 2.75. The molecular formula is C28H47N3O4S. The number of thiol groups is 1. The Bertz CT molecular complexity index is 911. The van der Waals surface area contributed by atoms with Crippen molar-refractivity contribution in [3.63, 3.8) is 0 Å². The molecule has 0 radical (unpaired) electrons. The van der Waals surface area contributed by atoms with Gasteiger partial charge < -0.3 is 20.3 Å². The van der Waals surface area contributed by atoms with E-state index in [0.29, 0.717) is 6.42 Å². The lowest BCUT2D eigenvalue weighted by Gasteiger charge is -2.45. The normalized spacial score (nSPS) is 14.4. The molecule has 0 fully saturated rings. The molecule has 0 heterocycles. The third-order valence-corrected chi connectivity index (χ3v) is 6.64. The largest absolute Gasteiger partial charge is 0.444 e. The van der Waals surface area contributed by atoms with Crippen LogP contribution in [0.1, 0.15) is 97.4 Å². The maximum absolute atomic E-state index is 14.1. The highest BCUT2D eigenvalue weighted by Gasteiger charge is 2.43. The van der Waals surface area contributed by atoms with Crippen molar-refractivity contribution in [3.05, 3.63) is 34.9 Å². The van der Waals surface area contributed by atoms with E-state index in [1.165, 1.54) is 0 Å². The first-order valence-corrected chi connectivity index (χ1v) is 13.5. The molecule has 204 valence electrons. The molecule has 3 amide bonds. The molecule has 0 saturated heterocycles. The number of amides is 3. The quantitative estimate of drug-likeness (QED) is 0.336. The number of nitrogens with zero attached hydrogens (tertiary/aromatic N) is 1. The number of carbonyl (C=O) groups excluding carboxylic acids is 3. The first kappa shape index (κ1) is 31.8. The van der Waals surface area contributed by atoms with Gasteiger partial charge in [0.1, 0.15) is 17.7 Å². The monoisotopic (exact) mass is 521 g/mol. The maximum Gasteiger partial charge on any atom is 0.408 e. The Balaban J connectivity index is 3.64. The summed E-state index contributed by atoms with van der Waals surface area (Å²) in [4.78, 5) is 42.2. The first-order valence-electron chi connectivity index (χ1n) is 12.9. The van der Waals surface area contributed by atoms with E-state index in [4.69, 9.17) is 4.74 Å². The highest BCUT2D eigenvalue weighted by atomic mass is 32.1. The molecule has 0 aliphatic carbocycles. The minimum absolute atomic E-state index is 0.0441. The molecule has 0 bridgehead atoms. The Labute approximate surface area is 223 Å². The van der Waals surface area contributed by atoms with Crippen molar-refractivity contribution in [1.29, 1.82) is 0 Å². The molecule has 0 saturated carbocycles. The van der Waals surface area contributed by atoms with Gasteiger partial charge in [-0.25, -0.2) is 4.79 Å². The molecule has 1 aromatic rings. The van der Waals surface area contributed by atoms with Gasteiger partial charge in [0.2, 0.25) is 11.8 Å². The number of nitrogens with one attached hydrogen (secondary N) is 2. The third kappa shape index (κ3) is 9.02. The Morgan fingerprint density at radius 1 is 1.06 bits per heavy atom. The van der Waals surface area contributed by atoms with Crippen LogP contribution in [0.5, 0.6) is 0 Å². The van der Waals surface area contributed by atoms with Gasteiger partial charge in [0.15, 0.2) is 0 Å². The second-order valence-electron chi connectivity index (χ2n) is 11.2. The molecule has 0 aliphatic heterocycles. The summed E-state index contributed by atoms with van der Waals surface area (Å²) in [6.07, 6.45) is 1.66. The fourth-order valence-corrected chi connectivity index (χ4v) is 4.28. The Morgan fingerprint density at radius 2 is 1.67 bits per heavy atom. The van der Waals surface area contributed by atoms with Crippen LogP contribution in [0.2, 0.25) is 0 Å². The van der Waals surface area contributed by atoms with Crippen LogP contribution in [-0.4, -0.2) is 51.8 Å². The number of alkyl carbamates (subject to hydrolysis) is 1. The van der Waals surface area contributed by atoms with E-state index >= 15 is 0 Å². The molecule has 36 heavy (non-hydrogen) atoms. The maximum atomic E-state index is 14.1. The van der Waals surface area contributed by atoms with Crippen LogP contribution in [0, 0.1) is 13.8 Å². The van der Waals surface area contributed by atoms with Gasteiger partial charge in [-0.3, -0.25) is 9.59 Å². The van der Waals surface area contributed by atoms with E-state index in [1.54, 1.807) is 25.7 Å². The van der Waals surface area contributed by atoms with Gasteiger partial charge in [-0.05, 0) is 79.4 Å². The van der Waals surface area contributed by atoms with Gasteiger partial charge >= 0.3 is 6.09 Å². The van der Waals surface area contributed by atoms with E-state index < -0.39 is 29.3 Å². The molecule has 0 aromatic heterocycles. The lowest BCUT2D eigenvalue weighted by molar-refractivity contribution is -0.149. The van der Waals surface area contributed by atoms with Crippen LogP contribution in [0.25, 0.3) is 0 Å². The van der Waals surface area contributed by atoms with E-state index in [2.05, 4.69) is 30.2 Å². The number of aryl methyl sites for hydroxylation is 2. The number of carbonyl (C=O) groups is 3. The second-order valence-corrected chi connectivity index (χ2v) is 11.6. The smallest absolute Gasteiger partial charge is 0.408 e. The fraction of sp³-hybridized carbons (Fsp3) is 0.679. The number of hydrogen-bond acceptors (Lipinski definition) is 5. The summed E-state index contributed by atoms with van der Waals surface area (Å²) in [5.74, 6) is -0.566. The van der Waals surface area contributed by atoms with Crippen molar-refractivity contribution in [2.75, 3.05) is 5.75 Å². The van der Waals surface area contributed by atoms with Crippen molar-refractivity contribution in [2.24, 2.45) is 0 Å². The minimum atomic E-state index is -0.970. The van der Waals surface area contributed by atoms with Crippen LogP contribution in [-0.2, 0) is 14.3 Å². The third-order valence-electron chi connectivity index (χ3n) is 6.27. The van der Waals surface area contributed by atoms with Crippen LogP contribution < -0.4 is 10.6 Å². The summed E-state index contributed by atoms with van der Waals surface area (Å²) in [5.41, 5.74) is 1.26. The highest BCUT2D eigenvalue weighted by molar-refractivity contribution is 7.80. The first-order chi connectivity index (χ1) is 16.6. The molecule has 0 aliphatic rings. The molecule has 0 spiro atoms. The summed E-state index contributed by atoms with van der Waals surface area (Å²) >= 11 is 4.37. The van der Waals surface area contributed by atoms with Gasteiger partial charge in [0.05, 0.1) is 0 Å². The summed E-state index contributed by atoms with van der Waals surface area (Å²) in [6.45, 7) is 19.1. The van der Waals surface area contributed by atoms with Gasteiger partial charge in [-0.1, -0.05) is 44.0 Å². The zero-order valence-electron chi connectivity index (χ0n) is 23.8. The molecule has 3 atom stereocenters. The van der Waals surface area contributed by atoms with Gasteiger partial charge in [-0.2, -0.15) is 12.6 Å². The molecule has 3 unspecified atom stereocenters. The van der Waals surface area contributed by atoms with Crippen LogP contribution >= 0.6 is 12.6 Å². The molecule has 2 N–H and O–H groups in total. The number of ether oxygens (including phenoxy) is 1. The van der Waals surface area contributed by atoms with E-state index in [0.717, 1.165) is 29.5 Å². The lowest BCUT2D eigenvalue weighted by Crippen LogP contribution is -2.60. The van der Waals surface area contributed by atoms with Crippen molar-refractivity contribution in [1.82, 2.24) is 15.5 Å². The summed E-state index contributed by atoms with van der Waals surface area (Å²) in [7, 11) is 0. The Morgan fingerprint density at radius 3 is 2.17 bits per heavy atom. The predicted molar refractivity (Wildman–Crippen MR) is 149 cm³/mol. The van der Waals surface area contributed by atoms with Crippen molar-refractivity contribution in [2.45, 2.75) is 118 Å². The average molecular weight is 522 g/mol. The standard InChI is InChI=1S/C28H47N3O4S/c1-11-13-20(5)29-24(32)23(21-16-18(3)14-15-19(21)4)31(28(9,10)12-2)25(33)22(17-36)30-26(34)35-27(6,7)8/h14-16,20,22-23,36H,11-13,17H2,1-10H3,(H,29,32)(H,30,34). The SMILES string of the molecule is CCCC(C)NC(=O)C(c1cc(C)ccc1C)N(C(=O)C(CS)NC(=O)OC(C)(C)C)C(C)(C)CC. The van der Waals surface area contributed by atoms with Gasteiger partial charge in [0.25, 0.3) is 0 Å². The van der Waals surface area contributed by atoms with E-state index in [1.807, 2.05) is 59.7 Å². The predicted octanol–water partition coefficient (Wildman–Crippen LogP) is 5.49. The highest BCUT2D eigenvalue weighted by Crippen LogP contribution is 2.34. The molecular weight excluding hydrogens is 474 g/mol. The van der Waals surface area contributed by atoms with E-state index in [9.17, 15) is 14.4 Å². The summed E-state index contributed by atoms with van der Waals surface area (Å²) in [6, 6.07) is 4.03. The number of hydrogen-bond donors (Lipinski definition) is 3. The number of rotatable bonds is 11. The summed E-state index contributed by atoms with van der Waals surface area (Å²) in [5, 5.41) is 5.79. The zero-order valence-corrected chi connectivity index (χ0v) is 24.7. The van der Waals surface area contributed by atoms with Gasteiger partial charge in [0, 0.05) is 17.3 Å². The zero-order chi connectivity index (χ0) is 27.8. The second kappa shape index (κ2) is 13.4. The lowest BCUT2D eigenvalue weighted by atomic mass is 9.89. The molecule has 7 nitrogen and oxygen atoms in total. The topological polar surface area (TPSA) is 87.7 Å².